The third-order valence-electron chi connectivity index (χ3n) is 5.79. The molecule has 1 fully saturated rings. The fourth-order valence-electron chi connectivity index (χ4n) is 4.11. The number of hydrogen-bond donors (Lipinski definition) is 0. The van der Waals surface area contributed by atoms with Gasteiger partial charge in [-0.15, -0.1) is 12.4 Å². The monoisotopic (exact) mass is 579 g/mol. The maximum atomic E-state index is 13.7. The summed E-state index contributed by atoms with van der Waals surface area (Å²) in [7, 11) is 0. The van der Waals surface area contributed by atoms with E-state index >= 15 is 0 Å². The van der Waals surface area contributed by atoms with Crippen molar-refractivity contribution >= 4 is 71.9 Å². The lowest BCUT2D eigenvalue weighted by Gasteiger charge is -2.27. The van der Waals surface area contributed by atoms with E-state index in [-0.39, 0.29) is 24.1 Å². The Morgan fingerprint density at radius 1 is 1.23 bits per heavy atom. The molecule has 0 radical (unpaired) electrons. The number of morpholine rings is 1. The molecule has 0 bridgehead atoms. The fourth-order valence-corrected chi connectivity index (χ4v) is 5.65. The van der Waals surface area contributed by atoms with Gasteiger partial charge in [-0.3, -0.25) is 14.6 Å². The molecule has 1 aliphatic heterocycles. The van der Waals surface area contributed by atoms with Crippen molar-refractivity contribution in [3.63, 3.8) is 0 Å². The molecule has 0 N–H and O–H groups in total. The van der Waals surface area contributed by atoms with Gasteiger partial charge in [-0.05, 0) is 43.7 Å². The van der Waals surface area contributed by atoms with Crippen molar-refractivity contribution in [3.8, 4) is 5.75 Å². The molecule has 0 saturated carbocycles. The Bertz CT molecular complexity index is 1300. The maximum absolute atomic E-state index is 13.7. The lowest BCUT2D eigenvalue weighted by Crippen LogP contribution is -2.39. The van der Waals surface area contributed by atoms with Crippen LogP contribution in [0, 0.1) is 0 Å². The van der Waals surface area contributed by atoms with Crippen LogP contribution in [0.4, 0.5) is 5.13 Å². The highest BCUT2D eigenvalue weighted by molar-refractivity contribution is 9.10. The van der Waals surface area contributed by atoms with Crippen LogP contribution >= 0.6 is 39.7 Å². The zero-order valence-electron chi connectivity index (χ0n) is 19.4. The second kappa shape index (κ2) is 11.7. The average Bonchev–Trinajstić information content (AvgIpc) is 3.47. The minimum atomic E-state index is -0.196. The number of carbonyl (C=O) groups is 1. The maximum Gasteiger partial charge on any atom is 0.295 e. The first kappa shape index (κ1) is 25.9. The summed E-state index contributed by atoms with van der Waals surface area (Å²) >= 11 is 5.04. The molecule has 1 aliphatic rings. The van der Waals surface area contributed by atoms with Gasteiger partial charge in [0.05, 0.1) is 30.0 Å². The van der Waals surface area contributed by atoms with Crippen molar-refractivity contribution < 1.29 is 18.7 Å². The molecule has 7 nitrogen and oxygen atoms in total. The molecule has 0 atom stereocenters. The predicted octanol–water partition coefficient (Wildman–Crippen LogP) is 5.99. The van der Waals surface area contributed by atoms with E-state index < -0.39 is 0 Å². The third-order valence-corrected chi connectivity index (χ3v) is 7.33. The van der Waals surface area contributed by atoms with Crippen molar-refractivity contribution in [1.29, 1.82) is 0 Å². The summed E-state index contributed by atoms with van der Waals surface area (Å²) in [4.78, 5) is 22.6. The highest BCUT2D eigenvalue weighted by Gasteiger charge is 2.25. The van der Waals surface area contributed by atoms with Gasteiger partial charge in [0.25, 0.3) is 5.91 Å². The molecule has 0 aliphatic carbocycles. The third kappa shape index (κ3) is 5.81. The summed E-state index contributed by atoms with van der Waals surface area (Å²) in [6.07, 6.45) is 0.829. The van der Waals surface area contributed by atoms with Gasteiger partial charge in [0.15, 0.2) is 22.2 Å². The molecule has 4 aromatic rings. The lowest BCUT2D eigenvalue weighted by molar-refractivity contribution is 0.0376. The van der Waals surface area contributed by atoms with Gasteiger partial charge in [0.1, 0.15) is 0 Å². The zero-order valence-corrected chi connectivity index (χ0v) is 22.6. The van der Waals surface area contributed by atoms with Crippen LogP contribution in [0.15, 0.2) is 51.4 Å². The van der Waals surface area contributed by atoms with Gasteiger partial charge in [-0.25, -0.2) is 4.98 Å². The van der Waals surface area contributed by atoms with Crippen molar-refractivity contribution in [2.45, 2.75) is 13.3 Å². The Labute approximate surface area is 222 Å². The van der Waals surface area contributed by atoms with E-state index in [1.807, 2.05) is 43.3 Å². The van der Waals surface area contributed by atoms with Gasteiger partial charge in [-0.2, -0.15) is 0 Å². The van der Waals surface area contributed by atoms with Crippen molar-refractivity contribution in [2.24, 2.45) is 0 Å². The fraction of sp³-hybridized carbons (Fsp3) is 0.360. The van der Waals surface area contributed by atoms with E-state index in [0.717, 1.165) is 59.3 Å². The number of halogens is 2. The summed E-state index contributed by atoms with van der Waals surface area (Å²) in [6, 6.07) is 13.4. The Balaban J connectivity index is 0.00000289. The van der Waals surface area contributed by atoms with Crippen LogP contribution in [0.25, 0.3) is 21.2 Å². The molecular formula is C25H27BrClN3O4S. The zero-order chi connectivity index (χ0) is 23.5. The molecule has 2 aromatic heterocycles. The Kier molecular flexibility index (Phi) is 8.67. The van der Waals surface area contributed by atoms with E-state index in [2.05, 4.69) is 20.8 Å². The Morgan fingerprint density at radius 2 is 2.06 bits per heavy atom. The average molecular weight is 581 g/mol. The molecule has 1 saturated heterocycles. The number of furan rings is 1. The largest absolute Gasteiger partial charge is 0.490 e. The summed E-state index contributed by atoms with van der Waals surface area (Å²) in [5.74, 6) is 0.732. The Hall–Kier alpha value is -2.17. The van der Waals surface area contributed by atoms with Crippen molar-refractivity contribution in [1.82, 2.24) is 9.88 Å². The minimum Gasteiger partial charge on any atom is -0.490 e. The second-order valence-corrected chi connectivity index (χ2v) is 10.0. The number of anilines is 1. The van der Waals surface area contributed by atoms with Gasteiger partial charge in [0, 0.05) is 36.0 Å². The van der Waals surface area contributed by atoms with Crippen LogP contribution in [0.3, 0.4) is 0 Å². The molecule has 2 aromatic carbocycles. The molecule has 186 valence electrons. The number of thiazole rings is 1. The summed E-state index contributed by atoms with van der Waals surface area (Å²) in [5, 5.41) is 1.52. The number of hydrogen-bond acceptors (Lipinski definition) is 7. The number of rotatable bonds is 8. The van der Waals surface area contributed by atoms with Crippen LogP contribution in [0.2, 0.25) is 0 Å². The van der Waals surface area contributed by atoms with Crippen LogP contribution < -0.4 is 9.64 Å². The number of aromatic nitrogens is 1. The Morgan fingerprint density at radius 3 is 2.86 bits per heavy atom. The normalized spacial score (nSPS) is 14.2. The summed E-state index contributed by atoms with van der Waals surface area (Å²) in [5.41, 5.74) is 1.46. The molecule has 3 heterocycles. The van der Waals surface area contributed by atoms with Crippen LogP contribution in [0.5, 0.6) is 5.75 Å². The van der Waals surface area contributed by atoms with E-state index in [1.54, 1.807) is 11.0 Å². The van der Waals surface area contributed by atoms with Gasteiger partial charge in [0.2, 0.25) is 0 Å². The topological polar surface area (TPSA) is 68.0 Å². The standard InChI is InChI=1S/C25H26BrN3O4S.ClH/c1-2-32-20-6-3-5-17-15-21(33-23(17)20)24(30)29(10-4-9-28-11-13-31-14-12-28)25-27-19-8-7-18(26)16-22(19)34-25;/h3,5-8,15-16H,2,4,9-14H2,1H3;1H. The predicted molar refractivity (Wildman–Crippen MR) is 146 cm³/mol. The highest BCUT2D eigenvalue weighted by Crippen LogP contribution is 2.34. The van der Waals surface area contributed by atoms with Crippen molar-refractivity contribution in [2.75, 3.05) is 50.9 Å². The minimum absolute atomic E-state index is 0. The second-order valence-electron chi connectivity index (χ2n) is 8.09. The van der Waals surface area contributed by atoms with E-state index in [0.29, 0.717) is 29.6 Å². The summed E-state index contributed by atoms with van der Waals surface area (Å²) < 4.78 is 19.2. The number of fused-ring (bicyclic) bond motifs is 2. The molecule has 10 heteroatoms. The summed E-state index contributed by atoms with van der Waals surface area (Å²) in [6.45, 7) is 7.27. The van der Waals surface area contributed by atoms with E-state index in [4.69, 9.17) is 18.9 Å². The molecule has 35 heavy (non-hydrogen) atoms. The van der Waals surface area contributed by atoms with Crippen molar-refractivity contribution in [3.05, 3.63) is 52.7 Å². The van der Waals surface area contributed by atoms with Crippen LogP contribution in [-0.4, -0.2) is 61.8 Å². The number of amides is 1. The number of para-hydroxylation sites is 1. The molecular weight excluding hydrogens is 554 g/mol. The number of ether oxygens (including phenoxy) is 2. The molecule has 0 spiro atoms. The smallest absolute Gasteiger partial charge is 0.295 e. The highest BCUT2D eigenvalue weighted by atomic mass is 79.9. The molecule has 5 rings (SSSR count). The molecule has 0 unspecified atom stereocenters. The SMILES string of the molecule is CCOc1cccc2cc(C(=O)N(CCCN3CCOCC3)c3nc4ccc(Br)cc4s3)oc12.Cl. The van der Waals surface area contributed by atoms with Gasteiger partial charge < -0.3 is 13.9 Å². The molecule has 1 amide bonds. The first-order chi connectivity index (χ1) is 16.6. The van der Waals surface area contributed by atoms with E-state index in [9.17, 15) is 4.79 Å². The number of carbonyl (C=O) groups excluding carboxylic acids is 1. The van der Waals surface area contributed by atoms with Crippen LogP contribution in [0.1, 0.15) is 23.9 Å². The number of nitrogens with zero attached hydrogens (tertiary/aromatic N) is 3. The quantitative estimate of drug-likeness (QED) is 0.255. The van der Waals surface area contributed by atoms with Gasteiger partial charge >= 0.3 is 0 Å². The van der Waals surface area contributed by atoms with Crippen LogP contribution in [-0.2, 0) is 4.74 Å². The first-order valence-corrected chi connectivity index (χ1v) is 13.1. The number of benzene rings is 2. The van der Waals surface area contributed by atoms with Gasteiger partial charge in [-0.1, -0.05) is 39.4 Å². The van der Waals surface area contributed by atoms with E-state index in [1.165, 1.54) is 11.3 Å². The lowest BCUT2D eigenvalue weighted by atomic mass is 10.2. The first-order valence-electron chi connectivity index (χ1n) is 11.5.